The number of fused-ring (bicyclic) bond motifs is 2. The lowest BCUT2D eigenvalue weighted by atomic mass is 9.97. The van der Waals surface area contributed by atoms with Gasteiger partial charge in [-0.25, -0.2) is 9.97 Å². The molecule has 47 heavy (non-hydrogen) atoms. The van der Waals surface area contributed by atoms with Crippen LogP contribution in [-0.4, -0.2) is 34.9 Å². The Morgan fingerprint density at radius 3 is 1.28 bits per heavy atom. The average molecular weight is 621 g/mol. The average Bonchev–Trinajstić information content (AvgIpc) is 3.11. The molecule has 2 heterocycles. The van der Waals surface area contributed by atoms with Crippen LogP contribution in [0.3, 0.4) is 0 Å². The number of nitrogens with zero attached hydrogens (tertiary/aromatic N) is 2. The first kappa shape index (κ1) is 31.6. The van der Waals surface area contributed by atoms with Gasteiger partial charge in [-0.2, -0.15) is 0 Å². The van der Waals surface area contributed by atoms with Gasteiger partial charge >= 0.3 is 0 Å². The lowest BCUT2D eigenvalue weighted by molar-refractivity contribution is 0.0946. The van der Waals surface area contributed by atoms with E-state index in [2.05, 4.69) is 10.6 Å². The zero-order valence-electron chi connectivity index (χ0n) is 27.1. The molecule has 0 saturated heterocycles. The molecule has 0 saturated carbocycles. The molecule has 6 nitrogen and oxygen atoms in total. The van der Waals surface area contributed by atoms with Gasteiger partial charge in [0.15, 0.2) is 0 Å². The van der Waals surface area contributed by atoms with Gasteiger partial charge in [0.05, 0.1) is 33.5 Å². The van der Waals surface area contributed by atoms with Crippen molar-refractivity contribution in [2.24, 2.45) is 0 Å². The first-order valence-corrected chi connectivity index (χ1v) is 16.5. The minimum absolute atomic E-state index is 0.0599. The van der Waals surface area contributed by atoms with Crippen molar-refractivity contribution < 1.29 is 9.59 Å². The van der Waals surface area contributed by atoms with E-state index in [1.54, 1.807) is 0 Å². The smallest absolute Gasteiger partial charge is 0.252 e. The topological polar surface area (TPSA) is 84.0 Å². The van der Waals surface area contributed by atoms with E-state index in [-0.39, 0.29) is 11.8 Å². The van der Waals surface area contributed by atoms with Gasteiger partial charge in [-0.3, -0.25) is 9.59 Å². The Labute approximate surface area is 276 Å². The van der Waals surface area contributed by atoms with Crippen molar-refractivity contribution in [1.82, 2.24) is 20.6 Å². The maximum atomic E-state index is 13.4. The van der Waals surface area contributed by atoms with Crippen LogP contribution < -0.4 is 10.6 Å². The fraction of sp³-hybridized carbons (Fsp3) is 0.220. The van der Waals surface area contributed by atoms with Gasteiger partial charge < -0.3 is 10.6 Å². The molecule has 0 aliphatic rings. The molecule has 0 aliphatic carbocycles. The second-order valence-electron chi connectivity index (χ2n) is 12.0. The molecule has 2 N–H and O–H groups in total. The summed E-state index contributed by atoms with van der Waals surface area (Å²) in [5.74, 6) is -0.120. The number of rotatable bonds is 12. The summed E-state index contributed by atoms with van der Waals surface area (Å²) >= 11 is 0. The molecule has 0 radical (unpaired) electrons. The van der Waals surface area contributed by atoms with Crippen LogP contribution in [0.1, 0.15) is 63.9 Å². The number of amides is 2. The fourth-order valence-corrected chi connectivity index (χ4v) is 6.31. The maximum absolute atomic E-state index is 13.4. The van der Waals surface area contributed by atoms with Crippen molar-refractivity contribution >= 4 is 33.6 Å². The number of pyridine rings is 2. The predicted octanol–water partition coefficient (Wildman–Crippen LogP) is 8.84. The normalized spacial score (nSPS) is 11.1. The number of hydrogen-bond donors (Lipinski definition) is 2. The van der Waals surface area contributed by atoms with Crippen LogP contribution in [0.15, 0.2) is 109 Å². The molecule has 0 bridgehead atoms. The minimum Gasteiger partial charge on any atom is -0.352 e. The summed E-state index contributed by atoms with van der Waals surface area (Å²) < 4.78 is 0. The SMILES string of the molecule is Cc1c(-c2ccccc2)nc2ccccc2c1C(=O)NCCCCCCCNC(=O)c1c(C)c(-c2ccccc2)nc2ccccc12. The van der Waals surface area contributed by atoms with Crippen molar-refractivity contribution in [2.75, 3.05) is 13.1 Å². The first-order chi connectivity index (χ1) is 23.0. The number of carbonyl (C=O) groups is 2. The Hall–Kier alpha value is -5.36. The highest BCUT2D eigenvalue weighted by Crippen LogP contribution is 2.31. The molecule has 0 fully saturated rings. The van der Waals surface area contributed by atoms with Gasteiger partial charge in [0, 0.05) is 35.0 Å². The number of unbranched alkanes of at least 4 members (excludes halogenated alkanes) is 4. The van der Waals surface area contributed by atoms with E-state index in [1.807, 2.05) is 123 Å². The number of hydrogen-bond acceptors (Lipinski definition) is 4. The molecule has 2 amide bonds. The van der Waals surface area contributed by atoms with E-state index in [9.17, 15) is 9.59 Å². The van der Waals surface area contributed by atoms with Gasteiger partial charge in [-0.1, -0.05) is 116 Å². The second kappa shape index (κ2) is 14.8. The summed E-state index contributed by atoms with van der Waals surface area (Å²) in [6.07, 6.45) is 4.85. The molecule has 0 unspecified atom stereocenters. The highest BCUT2D eigenvalue weighted by molar-refractivity contribution is 6.09. The largest absolute Gasteiger partial charge is 0.352 e. The van der Waals surface area contributed by atoms with Crippen LogP contribution in [0.5, 0.6) is 0 Å². The molecule has 6 heteroatoms. The third kappa shape index (κ3) is 7.07. The van der Waals surface area contributed by atoms with E-state index >= 15 is 0 Å². The van der Waals surface area contributed by atoms with E-state index in [1.165, 1.54) is 0 Å². The Bertz CT molecular complexity index is 1880. The summed E-state index contributed by atoms with van der Waals surface area (Å²) in [6, 6.07) is 35.7. The van der Waals surface area contributed by atoms with Crippen LogP contribution >= 0.6 is 0 Å². The number of para-hydroxylation sites is 2. The van der Waals surface area contributed by atoms with Crippen LogP contribution in [-0.2, 0) is 0 Å². The predicted molar refractivity (Wildman–Crippen MR) is 192 cm³/mol. The van der Waals surface area contributed by atoms with Gasteiger partial charge in [0.2, 0.25) is 0 Å². The fourth-order valence-electron chi connectivity index (χ4n) is 6.31. The molecule has 0 atom stereocenters. The van der Waals surface area contributed by atoms with Crippen molar-refractivity contribution in [3.8, 4) is 22.5 Å². The van der Waals surface area contributed by atoms with Crippen LogP contribution in [0.25, 0.3) is 44.3 Å². The summed E-state index contributed by atoms with van der Waals surface area (Å²) in [5, 5.41) is 8.05. The summed E-state index contributed by atoms with van der Waals surface area (Å²) in [6.45, 7) is 5.20. The quantitative estimate of drug-likeness (QED) is 0.134. The Morgan fingerprint density at radius 2 is 0.851 bits per heavy atom. The van der Waals surface area contributed by atoms with Crippen molar-refractivity contribution in [1.29, 1.82) is 0 Å². The van der Waals surface area contributed by atoms with E-state index < -0.39 is 0 Å². The highest BCUT2D eigenvalue weighted by atomic mass is 16.2. The Morgan fingerprint density at radius 1 is 0.489 bits per heavy atom. The maximum Gasteiger partial charge on any atom is 0.252 e. The first-order valence-electron chi connectivity index (χ1n) is 16.5. The van der Waals surface area contributed by atoms with E-state index in [0.29, 0.717) is 24.2 Å². The Kier molecular flexibility index (Phi) is 9.97. The number of nitrogens with one attached hydrogen (secondary N) is 2. The molecular weight excluding hydrogens is 580 g/mol. The Balaban J connectivity index is 0.992. The van der Waals surface area contributed by atoms with Crippen molar-refractivity contribution in [3.63, 3.8) is 0 Å². The lowest BCUT2D eigenvalue weighted by Gasteiger charge is -2.15. The minimum atomic E-state index is -0.0599. The van der Waals surface area contributed by atoms with Crippen LogP contribution in [0.2, 0.25) is 0 Å². The molecule has 4 aromatic carbocycles. The monoisotopic (exact) mass is 620 g/mol. The number of carbonyl (C=O) groups excluding carboxylic acids is 2. The molecule has 0 spiro atoms. The van der Waals surface area contributed by atoms with Gasteiger partial charge in [0.1, 0.15) is 0 Å². The molecule has 6 aromatic rings. The third-order valence-electron chi connectivity index (χ3n) is 8.74. The van der Waals surface area contributed by atoms with Crippen LogP contribution in [0.4, 0.5) is 0 Å². The zero-order chi connectivity index (χ0) is 32.6. The molecule has 0 aliphatic heterocycles. The number of benzene rings is 4. The molecule has 236 valence electrons. The van der Waals surface area contributed by atoms with Crippen molar-refractivity contribution in [3.05, 3.63) is 131 Å². The summed E-state index contributed by atoms with van der Waals surface area (Å²) in [7, 11) is 0. The van der Waals surface area contributed by atoms with Gasteiger partial charge in [-0.15, -0.1) is 0 Å². The third-order valence-corrected chi connectivity index (χ3v) is 8.74. The summed E-state index contributed by atoms with van der Waals surface area (Å²) in [4.78, 5) is 36.7. The zero-order valence-corrected chi connectivity index (χ0v) is 27.1. The standard InChI is InChI=1S/C41H40N4O2/c1-28-36(32-22-12-14-24-34(32)44-38(28)30-18-8-6-9-19-30)40(46)42-26-16-4-3-5-17-27-43-41(47)37-29(2)39(31-20-10-7-11-21-31)45-35-25-15-13-23-33(35)37/h6-15,18-25H,3-5,16-17,26-27H2,1-2H3,(H,42,46)(H,43,47). The number of aromatic nitrogens is 2. The van der Waals surface area contributed by atoms with Crippen LogP contribution in [0, 0.1) is 13.8 Å². The van der Waals surface area contributed by atoms with Gasteiger partial charge in [0.25, 0.3) is 11.8 Å². The molecular formula is C41H40N4O2. The van der Waals surface area contributed by atoms with Crippen molar-refractivity contribution in [2.45, 2.75) is 46.0 Å². The van der Waals surface area contributed by atoms with E-state index in [4.69, 9.17) is 9.97 Å². The van der Waals surface area contributed by atoms with Gasteiger partial charge in [-0.05, 0) is 49.9 Å². The highest BCUT2D eigenvalue weighted by Gasteiger charge is 2.20. The molecule has 6 rings (SSSR count). The van der Waals surface area contributed by atoms with E-state index in [0.717, 1.165) is 87.6 Å². The molecule has 2 aromatic heterocycles. The lowest BCUT2D eigenvalue weighted by Crippen LogP contribution is -2.26. The second-order valence-corrected chi connectivity index (χ2v) is 12.0. The summed E-state index contributed by atoms with van der Waals surface area (Å²) in [5.41, 5.74) is 8.48.